The lowest BCUT2D eigenvalue weighted by Crippen LogP contribution is -2.33. The topological polar surface area (TPSA) is 35.5 Å². The molecule has 0 unspecified atom stereocenters. The zero-order chi connectivity index (χ0) is 12.8. The molecule has 0 aromatic heterocycles. The summed E-state index contributed by atoms with van der Waals surface area (Å²) < 4.78 is 0. The molecule has 1 aromatic carbocycles. The van der Waals surface area contributed by atoms with Crippen LogP contribution in [0.25, 0.3) is 0 Å². The molecule has 0 fully saturated rings. The predicted molar refractivity (Wildman–Crippen MR) is 73.8 cm³/mol. The standard InChI is InChI=1S/C13H21ClN2O/c1-10(2)16(6-7-17)13-5-4-11(9-15-3)8-12(13)14/h4-5,8,10,15,17H,6-7,9H2,1-3H3. The van der Waals surface area contributed by atoms with Crippen molar-refractivity contribution < 1.29 is 5.11 Å². The highest BCUT2D eigenvalue weighted by Gasteiger charge is 2.13. The molecule has 1 rings (SSSR count). The molecule has 0 saturated carbocycles. The highest BCUT2D eigenvalue weighted by Crippen LogP contribution is 2.28. The van der Waals surface area contributed by atoms with Crippen LogP contribution >= 0.6 is 11.6 Å². The Bertz CT molecular complexity index is 355. The lowest BCUT2D eigenvalue weighted by molar-refractivity contribution is 0.299. The molecular weight excluding hydrogens is 236 g/mol. The lowest BCUT2D eigenvalue weighted by Gasteiger charge is -2.29. The van der Waals surface area contributed by atoms with E-state index in [0.717, 1.165) is 22.8 Å². The van der Waals surface area contributed by atoms with Gasteiger partial charge in [0, 0.05) is 19.1 Å². The fourth-order valence-corrected chi connectivity index (χ4v) is 2.17. The first-order valence-corrected chi connectivity index (χ1v) is 6.28. The number of benzene rings is 1. The fourth-order valence-electron chi connectivity index (χ4n) is 1.86. The van der Waals surface area contributed by atoms with Gasteiger partial charge in [-0.15, -0.1) is 0 Å². The number of nitrogens with zero attached hydrogens (tertiary/aromatic N) is 1. The van der Waals surface area contributed by atoms with Gasteiger partial charge in [0.25, 0.3) is 0 Å². The Balaban J connectivity index is 2.95. The van der Waals surface area contributed by atoms with Gasteiger partial charge in [0.1, 0.15) is 0 Å². The minimum atomic E-state index is 0.132. The van der Waals surface area contributed by atoms with Crippen LogP contribution in [-0.4, -0.2) is 31.3 Å². The molecule has 0 aliphatic heterocycles. The summed E-state index contributed by atoms with van der Waals surface area (Å²) >= 11 is 6.29. The van der Waals surface area contributed by atoms with Gasteiger partial charge in [-0.3, -0.25) is 0 Å². The first kappa shape index (κ1) is 14.3. The molecule has 0 spiro atoms. The van der Waals surface area contributed by atoms with Gasteiger partial charge < -0.3 is 15.3 Å². The summed E-state index contributed by atoms with van der Waals surface area (Å²) in [6.07, 6.45) is 0. The van der Waals surface area contributed by atoms with Crippen LogP contribution in [-0.2, 0) is 6.54 Å². The van der Waals surface area contributed by atoms with E-state index in [0.29, 0.717) is 12.6 Å². The Hall–Kier alpha value is -0.770. The summed E-state index contributed by atoms with van der Waals surface area (Å²) in [7, 11) is 1.91. The van der Waals surface area contributed by atoms with Crippen LogP contribution in [0, 0.1) is 0 Å². The molecule has 0 aliphatic rings. The van der Waals surface area contributed by atoms with Crippen molar-refractivity contribution in [3.8, 4) is 0 Å². The van der Waals surface area contributed by atoms with Crippen LogP contribution < -0.4 is 10.2 Å². The van der Waals surface area contributed by atoms with E-state index >= 15 is 0 Å². The summed E-state index contributed by atoms with van der Waals surface area (Å²) in [5.74, 6) is 0. The molecule has 0 heterocycles. The van der Waals surface area contributed by atoms with E-state index in [2.05, 4.69) is 30.1 Å². The van der Waals surface area contributed by atoms with E-state index in [9.17, 15) is 0 Å². The maximum absolute atomic E-state index is 9.08. The number of hydrogen-bond donors (Lipinski definition) is 2. The van der Waals surface area contributed by atoms with Crippen LogP contribution in [0.5, 0.6) is 0 Å². The monoisotopic (exact) mass is 256 g/mol. The van der Waals surface area contributed by atoms with Gasteiger partial charge in [-0.05, 0) is 38.6 Å². The number of hydrogen-bond acceptors (Lipinski definition) is 3. The lowest BCUT2D eigenvalue weighted by atomic mass is 10.1. The minimum absolute atomic E-state index is 0.132. The largest absolute Gasteiger partial charge is 0.395 e. The zero-order valence-electron chi connectivity index (χ0n) is 10.7. The molecule has 0 aliphatic carbocycles. The molecule has 0 saturated heterocycles. The van der Waals surface area contributed by atoms with Crippen molar-refractivity contribution in [3.05, 3.63) is 28.8 Å². The molecule has 96 valence electrons. The van der Waals surface area contributed by atoms with Gasteiger partial charge in [0.15, 0.2) is 0 Å². The summed E-state index contributed by atoms with van der Waals surface area (Å²) in [6.45, 7) is 5.72. The minimum Gasteiger partial charge on any atom is -0.395 e. The van der Waals surface area contributed by atoms with Gasteiger partial charge >= 0.3 is 0 Å². The van der Waals surface area contributed by atoms with Gasteiger partial charge in [-0.2, -0.15) is 0 Å². The molecule has 0 atom stereocenters. The van der Waals surface area contributed by atoms with Crippen molar-refractivity contribution in [1.82, 2.24) is 5.32 Å². The van der Waals surface area contributed by atoms with Crippen LogP contribution in [0.4, 0.5) is 5.69 Å². The molecular formula is C13H21ClN2O. The van der Waals surface area contributed by atoms with Crippen LogP contribution in [0.2, 0.25) is 5.02 Å². The average Bonchev–Trinajstić information content (AvgIpc) is 2.27. The fraction of sp³-hybridized carbons (Fsp3) is 0.538. The Morgan fingerprint density at radius 3 is 2.59 bits per heavy atom. The molecule has 17 heavy (non-hydrogen) atoms. The molecule has 4 heteroatoms. The summed E-state index contributed by atoms with van der Waals surface area (Å²) in [5.41, 5.74) is 2.14. The molecule has 2 N–H and O–H groups in total. The van der Waals surface area contributed by atoms with Gasteiger partial charge in [0.2, 0.25) is 0 Å². The summed E-state index contributed by atoms with van der Waals surface area (Å²) in [5, 5.41) is 12.9. The summed E-state index contributed by atoms with van der Waals surface area (Å²) in [4.78, 5) is 2.10. The second-order valence-corrected chi connectivity index (χ2v) is 4.73. The Morgan fingerprint density at radius 1 is 1.41 bits per heavy atom. The van der Waals surface area contributed by atoms with E-state index in [-0.39, 0.29) is 6.61 Å². The number of nitrogens with one attached hydrogen (secondary N) is 1. The van der Waals surface area contributed by atoms with E-state index < -0.39 is 0 Å². The first-order chi connectivity index (χ1) is 8.10. The normalized spacial score (nSPS) is 10.9. The van der Waals surface area contributed by atoms with Crippen molar-refractivity contribution in [1.29, 1.82) is 0 Å². The van der Waals surface area contributed by atoms with Crippen LogP contribution in [0.3, 0.4) is 0 Å². The number of aliphatic hydroxyl groups is 1. The maximum atomic E-state index is 9.08. The average molecular weight is 257 g/mol. The van der Waals surface area contributed by atoms with Crippen molar-refractivity contribution in [3.63, 3.8) is 0 Å². The Labute approximate surface area is 108 Å². The third-order valence-electron chi connectivity index (χ3n) is 2.67. The van der Waals surface area contributed by atoms with Crippen molar-refractivity contribution in [2.45, 2.75) is 26.4 Å². The smallest absolute Gasteiger partial charge is 0.0642 e. The molecule has 1 aromatic rings. The van der Waals surface area contributed by atoms with E-state index in [1.54, 1.807) is 0 Å². The number of aliphatic hydroxyl groups excluding tert-OH is 1. The second kappa shape index (κ2) is 6.84. The SMILES string of the molecule is CNCc1ccc(N(CCO)C(C)C)c(Cl)c1. The van der Waals surface area contributed by atoms with Crippen LogP contribution in [0.1, 0.15) is 19.4 Å². The van der Waals surface area contributed by atoms with E-state index in [4.69, 9.17) is 16.7 Å². The number of anilines is 1. The van der Waals surface area contributed by atoms with Gasteiger partial charge in [-0.1, -0.05) is 17.7 Å². The Morgan fingerprint density at radius 2 is 2.12 bits per heavy atom. The van der Waals surface area contributed by atoms with E-state index in [1.165, 1.54) is 0 Å². The third-order valence-corrected chi connectivity index (χ3v) is 2.97. The highest BCUT2D eigenvalue weighted by atomic mass is 35.5. The van der Waals surface area contributed by atoms with E-state index in [1.807, 2.05) is 19.2 Å². The maximum Gasteiger partial charge on any atom is 0.0642 e. The molecule has 0 bridgehead atoms. The molecule has 0 radical (unpaired) electrons. The first-order valence-electron chi connectivity index (χ1n) is 5.90. The Kier molecular flexibility index (Phi) is 5.75. The molecule has 3 nitrogen and oxygen atoms in total. The highest BCUT2D eigenvalue weighted by molar-refractivity contribution is 6.33. The van der Waals surface area contributed by atoms with Crippen molar-refractivity contribution in [2.24, 2.45) is 0 Å². The third kappa shape index (κ3) is 3.87. The second-order valence-electron chi connectivity index (χ2n) is 4.33. The van der Waals surface area contributed by atoms with Gasteiger partial charge in [-0.25, -0.2) is 0 Å². The van der Waals surface area contributed by atoms with Crippen molar-refractivity contribution in [2.75, 3.05) is 25.1 Å². The summed E-state index contributed by atoms with van der Waals surface area (Å²) in [6, 6.07) is 6.37. The number of rotatable bonds is 6. The van der Waals surface area contributed by atoms with Crippen molar-refractivity contribution >= 4 is 17.3 Å². The van der Waals surface area contributed by atoms with Crippen LogP contribution in [0.15, 0.2) is 18.2 Å². The zero-order valence-corrected chi connectivity index (χ0v) is 11.5. The quantitative estimate of drug-likeness (QED) is 0.820. The molecule has 0 amide bonds. The number of halogens is 1. The van der Waals surface area contributed by atoms with Gasteiger partial charge in [0.05, 0.1) is 17.3 Å². The predicted octanol–water partition coefficient (Wildman–Crippen LogP) is 2.27.